The van der Waals surface area contributed by atoms with Crippen molar-refractivity contribution >= 4 is 0 Å². The predicted octanol–water partition coefficient (Wildman–Crippen LogP) is 8.72. The third-order valence-corrected chi connectivity index (χ3v) is 9.37. The summed E-state index contributed by atoms with van der Waals surface area (Å²) in [6.45, 7) is 0. The van der Waals surface area contributed by atoms with Crippen molar-refractivity contribution in [3.63, 3.8) is 0 Å². The van der Waals surface area contributed by atoms with E-state index in [1.165, 1.54) is 16.7 Å². The summed E-state index contributed by atoms with van der Waals surface area (Å²) in [6, 6.07) is 49.6. The second-order valence-corrected chi connectivity index (χ2v) is 11.5. The third kappa shape index (κ3) is 4.87. The molecule has 211 valence electrons. The molecule has 43 heavy (non-hydrogen) atoms. The minimum absolute atomic E-state index is 0. The van der Waals surface area contributed by atoms with Gasteiger partial charge in [-0.25, -0.2) is 0 Å². The van der Waals surface area contributed by atoms with Gasteiger partial charge in [-0.1, -0.05) is 78.7 Å². The molecule has 2 unspecified atom stereocenters. The van der Waals surface area contributed by atoms with Crippen LogP contribution < -0.4 is 0 Å². The van der Waals surface area contributed by atoms with Crippen LogP contribution in [-0.4, -0.2) is 9.97 Å². The first-order valence-corrected chi connectivity index (χ1v) is 14.9. The number of fused-ring (bicyclic) bond motifs is 3. The molecule has 6 aromatic rings. The minimum Gasteiger partial charge on any atom is -0.305 e. The second kappa shape index (κ2) is 11.8. The smallest absolute Gasteiger partial charge is 0.0160 e. The third-order valence-electron chi connectivity index (χ3n) is 9.37. The first-order valence-electron chi connectivity index (χ1n) is 14.9. The predicted molar refractivity (Wildman–Crippen MR) is 168 cm³/mol. The Hall–Kier alpha value is -4.17. The van der Waals surface area contributed by atoms with Gasteiger partial charge in [0.1, 0.15) is 0 Å². The van der Waals surface area contributed by atoms with Crippen molar-refractivity contribution in [3.8, 4) is 22.5 Å². The summed E-state index contributed by atoms with van der Waals surface area (Å²) in [5, 5.41) is 0. The van der Waals surface area contributed by atoms with Crippen LogP contribution in [0.1, 0.15) is 45.2 Å². The quantitative estimate of drug-likeness (QED) is 0.158. The van der Waals surface area contributed by atoms with Gasteiger partial charge in [0, 0.05) is 44.3 Å². The molecule has 3 heteroatoms. The molecule has 0 N–H and O–H groups in total. The van der Waals surface area contributed by atoms with E-state index >= 15 is 0 Å². The Labute approximate surface area is 267 Å². The van der Waals surface area contributed by atoms with E-state index in [2.05, 4.69) is 89.9 Å². The van der Waals surface area contributed by atoms with Crippen LogP contribution in [0.25, 0.3) is 22.5 Å². The SMILES string of the molecule is [Ir].[c-]1cccc2c1-c1ncccc1CC1C3c4ccccc4C(c4ccccc43)C1C2.[c-]1ccccc1-c1ccccn1. The van der Waals surface area contributed by atoms with Crippen LogP contribution in [0.15, 0.2) is 134 Å². The molecule has 1 radical (unpaired) electrons. The maximum Gasteiger partial charge on any atom is 0.0160 e. The van der Waals surface area contributed by atoms with Crippen LogP contribution in [-0.2, 0) is 32.9 Å². The van der Waals surface area contributed by atoms with Crippen LogP contribution >= 0.6 is 0 Å². The minimum atomic E-state index is 0. The molecule has 4 aliphatic rings. The second-order valence-electron chi connectivity index (χ2n) is 11.5. The molecule has 4 aliphatic carbocycles. The van der Waals surface area contributed by atoms with Crippen molar-refractivity contribution in [1.29, 1.82) is 0 Å². The normalized spacial score (nSPS) is 20.2. The van der Waals surface area contributed by atoms with Crippen LogP contribution in [0.5, 0.6) is 0 Å². The van der Waals surface area contributed by atoms with Gasteiger partial charge < -0.3 is 9.97 Å². The van der Waals surface area contributed by atoms with Gasteiger partial charge in [-0.2, -0.15) is 0 Å². The largest absolute Gasteiger partial charge is 0.305 e. The van der Waals surface area contributed by atoms with E-state index in [1.807, 2.05) is 54.7 Å². The van der Waals surface area contributed by atoms with Gasteiger partial charge in [0.15, 0.2) is 0 Å². The molecule has 2 atom stereocenters. The number of pyridine rings is 2. The molecule has 10 rings (SSSR count). The molecule has 0 saturated carbocycles. The summed E-state index contributed by atoms with van der Waals surface area (Å²) >= 11 is 0. The monoisotopic (exact) mass is 731 g/mol. The number of benzene rings is 4. The van der Waals surface area contributed by atoms with Gasteiger partial charge >= 0.3 is 0 Å². The molecule has 2 aromatic heterocycles. The zero-order valence-electron chi connectivity index (χ0n) is 23.7. The van der Waals surface area contributed by atoms with Crippen molar-refractivity contribution in [2.24, 2.45) is 11.8 Å². The van der Waals surface area contributed by atoms with E-state index in [0.717, 1.165) is 29.8 Å². The summed E-state index contributed by atoms with van der Waals surface area (Å²) in [4.78, 5) is 9.04. The Morgan fingerprint density at radius 3 is 1.72 bits per heavy atom. The van der Waals surface area contributed by atoms with E-state index in [-0.39, 0.29) is 20.1 Å². The molecule has 0 fully saturated rings. The fraction of sp³-hybridized carbons (Fsp3) is 0.150. The fourth-order valence-electron chi connectivity index (χ4n) is 7.72. The molecule has 2 bridgehead atoms. The summed E-state index contributed by atoms with van der Waals surface area (Å²) in [5.74, 6) is 2.13. The average Bonchev–Trinajstić information content (AvgIpc) is 3.06. The van der Waals surface area contributed by atoms with Crippen LogP contribution in [0.4, 0.5) is 0 Å². The van der Waals surface area contributed by atoms with E-state index in [1.54, 1.807) is 28.5 Å². The van der Waals surface area contributed by atoms with Gasteiger partial charge in [-0.05, 0) is 64.0 Å². The maximum atomic E-state index is 4.82. The van der Waals surface area contributed by atoms with Crippen LogP contribution in [0, 0.1) is 24.0 Å². The zero-order valence-corrected chi connectivity index (χ0v) is 26.0. The summed E-state index contributed by atoms with van der Waals surface area (Å²) < 4.78 is 0. The Morgan fingerprint density at radius 2 is 1.09 bits per heavy atom. The Balaban J connectivity index is 0.000000195. The van der Waals surface area contributed by atoms with Gasteiger partial charge in [0.05, 0.1) is 0 Å². The summed E-state index contributed by atoms with van der Waals surface area (Å²) in [5.41, 5.74) is 13.3. The van der Waals surface area contributed by atoms with E-state index in [0.29, 0.717) is 23.7 Å². The maximum absolute atomic E-state index is 4.82. The van der Waals surface area contributed by atoms with Gasteiger partial charge in [-0.15, -0.1) is 71.3 Å². The molecule has 2 heterocycles. The van der Waals surface area contributed by atoms with Crippen LogP contribution in [0.2, 0.25) is 0 Å². The molecular weight excluding hydrogens is 701 g/mol. The van der Waals surface area contributed by atoms with Crippen molar-refractivity contribution in [1.82, 2.24) is 9.97 Å². The Morgan fingerprint density at radius 1 is 0.512 bits per heavy atom. The topological polar surface area (TPSA) is 25.8 Å². The van der Waals surface area contributed by atoms with Crippen LogP contribution in [0.3, 0.4) is 0 Å². The number of aromatic nitrogens is 2. The standard InChI is InChI=1S/C29H22N.C11H8N.Ir/c1-2-10-20-18(8-1)16-25-26(17-19-9-7-15-30-29(19)20)28-23-13-5-3-11-21(23)27(25)22-12-4-6-14-24(22)28;1-2-6-10(7-3-1)11-8-4-5-9-12-11;/h1-9,11-15,25-28H,16-17H2;1-6,8-9H;/q2*-1;. The number of hydrogen-bond donors (Lipinski definition) is 0. The van der Waals surface area contributed by atoms with Crippen molar-refractivity contribution in [2.45, 2.75) is 24.7 Å². The fourth-order valence-corrected chi connectivity index (χ4v) is 7.72. The molecule has 0 amide bonds. The summed E-state index contributed by atoms with van der Waals surface area (Å²) in [6.07, 6.45) is 5.90. The van der Waals surface area contributed by atoms with Gasteiger partial charge in [0.25, 0.3) is 0 Å². The molecule has 0 saturated heterocycles. The first kappa shape index (κ1) is 27.6. The van der Waals surface area contributed by atoms with Crippen molar-refractivity contribution in [3.05, 3.63) is 179 Å². The van der Waals surface area contributed by atoms with E-state index in [4.69, 9.17) is 4.98 Å². The molecular formula is C40H30IrN2-2. The Kier molecular flexibility index (Phi) is 7.61. The van der Waals surface area contributed by atoms with Gasteiger partial charge in [-0.3, -0.25) is 0 Å². The van der Waals surface area contributed by atoms with E-state index < -0.39 is 0 Å². The first-order chi connectivity index (χ1) is 20.9. The molecule has 4 aromatic carbocycles. The van der Waals surface area contributed by atoms with Crippen molar-refractivity contribution in [2.75, 3.05) is 0 Å². The number of nitrogens with zero attached hydrogens (tertiary/aromatic N) is 2. The number of rotatable bonds is 1. The molecule has 0 aliphatic heterocycles. The van der Waals surface area contributed by atoms with E-state index in [9.17, 15) is 0 Å². The van der Waals surface area contributed by atoms with Crippen molar-refractivity contribution < 1.29 is 20.1 Å². The zero-order chi connectivity index (χ0) is 27.9. The molecule has 0 spiro atoms. The van der Waals surface area contributed by atoms with Gasteiger partial charge in [0.2, 0.25) is 0 Å². The average molecular weight is 731 g/mol. The molecule has 2 nitrogen and oxygen atoms in total. The number of hydrogen-bond acceptors (Lipinski definition) is 2. The summed E-state index contributed by atoms with van der Waals surface area (Å²) in [7, 11) is 0. The Bertz CT molecular complexity index is 1680.